The molecule has 0 aliphatic heterocycles. The number of carboxylic acid groups (broad SMARTS) is 1. The monoisotopic (exact) mass is 264 g/mol. The second-order valence-electron chi connectivity index (χ2n) is 6.93. The molecule has 0 bridgehead atoms. The van der Waals surface area contributed by atoms with Crippen molar-refractivity contribution in [3.63, 3.8) is 0 Å². The summed E-state index contributed by atoms with van der Waals surface area (Å²) >= 11 is 0. The maximum absolute atomic E-state index is 10.5. The van der Waals surface area contributed by atoms with Crippen molar-refractivity contribution in [2.24, 2.45) is 0 Å². The molecule has 106 valence electrons. The summed E-state index contributed by atoms with van der Waals surface area (Å²) in [6, 6.07) is 6.19. The first-order chi connectivity index (χ1) is 8.51. The molecule has 0 spiro atoms. The molecule has 0 aliphatic rings. The van der Waals surface area contributed by atoms with Gasteiger partial charge >= 0.3 is 6.16 Å². The molecule has 0 saturated heterocycles. The maximum atomic E-state index is 10.5. The Balaban J connectivity index is 3.22. The van der Waals surface area contributed by atoms with Crippen LogP contribution >= 0.6 is 0 Å². The van der Waals surface area contributed by atoms with Crippen LogP contribution in [0.3, 0.4) is 0 Å². The first-order valence-electron chi connectivity index (χ1n) is 6.51. The minimum absolute atomic E-state index is 0.0432. The van der Waals surface area contributed by atoms with Gasteiger partial charge in [-0.25, -0.2) is 4.79 Å². The summed E-state index contributed by atoms with van der Waals surface area (Å²) in [6.07, 6.45) is -1.24. The van der Waals surface area contributed by atoms with E-state index < -0.39 is 6.16 Å². The van der Waals surface area contributed by atoms with Crippen molar-refractivity contribution >= 4 is 6.16 Å². The summed E-state index contributed by atoms with van der Waals surface area (Å²) in [7, 11) is 0. The lowest BCUT2D eigenvalue weighted by Crippen LogP contribution is -2.19. The molecular weight excluding hydrogens is 240 g/mol. The van der Waals surface area contributed by atoms with E-state index in [1.807, 2.05) is 6.07 Å². The van der Waals surface area contributed by atoms with Gasteiger partial charge in [-0.05, 0) is 27.5 Å². The smallest absolute Gasteiger partial charge is 0.450 e. The van der Waals surface area contributed by atoms with E-state index in [-0.39, 0.29) is 17.4 Å². The van der Waals surface area contributed by atoms with E-state index in [2.05, 4.69) is 53.7 Å². The minimum Gasteiger partial charge on any atom is -0.450 e. The van der Waals surface area contributed by atoms with E-state index in [1.54, 1.807) is 0 Å². The predicted molar refractivity (Wildman–Crippen MR) is 76.7 cm³/mol. The zero-order valence-corrected chi connectivity index (χ0v) is 12.7. The van der Waals surface area contributed by atoms with E-state index in [0.29, 0.717) is 0 Å². The first kappa shape index (κ1) is 15.5. The number of hydrogen-bond donors (Lipinski definition) is 1. The molecule has 0 saturated carbocycles. The number of benzene rings is 1. The summed E-state index contributed by atoms with van der Waals surface area (Å²) in [5, 5.41) is 8.63. The molecule has 0 aliphatic carbocycles. The van der Waals surface area contributed by atoms with Gasteiger partial charge in [-0.2, -0.15) is 0 Å². The molecule has 3 nitrogen and oxygen atoms in total. The Kier molecular flexibility index (Phi) is 4.28. The van der Waals surface area contributed by atoms with Crippen molar-refractivity contribution in [2.75, 3.05) is 0 Å². The van der Waals surface area contributed by atoms with Crippen LogP contribution < -0.4 is 0 Å². The zero-order chi connectivity index (χ0) is 14.8. The van der Waals surface area contributed by atoms with Gasteiger partial charge in [0.2, 0.25) is 0 Å². The van der Waals surface area contributed by atoms with Crippen molar-refractivity contribution in [3.8, 4) is 0 Å². The van der Waals surface area contributed by atoms with Crippen LogP contribution in [0.1, 0.15) is 58.2 Å². The van der Waals surface area contributed by atoms with Crippen LogP contribution in [-0.4, -0.2) is 11.3 Å². The van der Waals surface area contributed by atoms with Crippen LogP contribution in [0.25, 0.3) is 0 Å². The molecular formula is C16H24O3. The topological polar surface area (TPSA) is 46.5 Å². The van der Waals surface area contributed by atoms with E-state index >= 15 is 0 Å². The van der Waals surface area contributed by atoms with Crippen molar-refractivity contribution in [2.45, 2.75) is 59.0 Å². The molecule has 0 atom stereocenters. The number of ether oxygens (including phenoxy) is 1. The third kappa shape index (κ3) is 4.27. The Morgan fingerprint density at radius 2 is 1.68 bits per heavy atom. The zero-order valence-electron chi connectivity index (χ0n) is 12.7. The molecule has 0 radical (unpaired) electrons. The summed E-state index contributed by atoms with van der Waals surface area (Å²) < 4.78 is 4.71. The normalized spacial score (nSPS) is 12.3. The molecule has 0 unspecified atom stereocenters. The van der Waals surface area contributed by atoms with Crippen LogP contribution in [0.5, 0.6) is 0 Å². The molecule has 1 aromatic rings. The molecule has 0 heterocycles. The Morgan fingerprint density at radius 3 is 2.11 bits per heavy atom. The fraction of sp³-hybridized carbons (Fsp3) is 0.562. The van der Waals surface area contributed by atoms with Gasteiger partial charge in [-0.3, -0.25) is 0 Å². The van der Waals surface area contributed by atoms with E-state index in [0.717, 1.165) is 11.1 Å². The molecule has 0 aromatic heterocycles. The SMILES string of the molecule is CC(C)(C)c1ccc(COC(=O)O)c(C(C)(C)C)c1. The van der Waals surface area contributed by atoms with E-state index in [9.17, 15) is 4.79 Å². The van der Waals surface area contributed by atoms with Crippen LogP contribution in [-0.2, 0) is 22.2 Å². The molecule has 0 fully saturated rings. The molecule has 19 heavy (non-hydrogen) atoms. The average molecular weight is 264 g/mol. The molecule has 1 aromatic carbocycles. The van der Waals surface area contributed by atoms with Crippen LogP contribution in [0.4, 0.5) is 4.79 Å². The quantitative estimate of drug-likeness (QED) is 0.801. The lowest BCUT2D eigenvalue weighted by atomic mass is 9.78. The lowest BCUT2D eigenvalue weighted by molar-refractivity contribution is 0.0849. The Hall–Kier alpha value is -1.51. The van der Waals surface area contributed by atoms with Crippen molar-refractivity contribution in [1.29, 1.82) is 0 Å². The van der Waals surface area contributed by atoms with Gasteiger partial charge in [0.05, 0.1) is 0 Å². The first-order valence-corrected chi connectivity index (χ1v) is 6.51. The van der Waals surface area contributed by atoms with Crippen LogP contribution in [0.15, 0.2) is 18.2 Å². The van der Waals surface area contributed by atoms with Gasteiger partial charge in [0.15, 0.2) is 0 Å². The molecule has 0 amide bonds. The highest BCUT2D eigenvalue weighted by Crippen LogP contribution is 2.31. The Labute approximate surface area is 115 Å². The lowest BCUT2D eigenvalue weighted by Gasteiger charge is -2.27. The largest absolute Gasteiger partial charge is 0.506 e. The summed E-state index contributed by atoms with van der Waals surface area (Å²) in [5.41, 5.74) is 3.35. The van der Waals surface area contributed by atoms with Gasteiger partial charge in [-0.1, -0.05) is 59.7 Å². The number of rotatable bonds is 2. The molecule has 3 heteroatoms. The Bertz CT molecular complexity index is 462. The second kappa shape index (κ2) is 5.24. The van der Waals surface area contributed by atoms with Crippen molar-refractivity contribution in [1.82, 2.24) is 0 Å². The fourth-order valence-electron chi connectivity index (χ4n) is 2.01. The fourth-order valence-corrected chi connectivity index (χ4v) is 2.01. The van der Waals surface area contributed by atoms with E-state index in [4.69, 9.17) is 9.84 Å². The van der Waals surface area contributed by atoms with Gasteiger partial charge in [0.25, 0.3) is 0 Å². The summed E-state index contributed by atoms with van der Waals surface area (Å²) in [5.74, 6) is 0. The third-order valence-electron chi connectivity index (χ3n) is 3.14. The number of hydrogen-bond acceptors (Lipinski definition) is 2. The standard InChI is InChI=1S/C16H24O3/c1-15(2,3)12-8-7-11(10-19-14(17)18)13(9-12)16(4,5)6/h7-9H,10H2,1-6H3,(H,17,18). The predicted octanol–water partition coefficient (Wildman–Crippen LogP) is 4.48. The number of carbonyl (C=O) groups is 1. The average Bonchev–Trinajstić information content (AvgIpc) is 2.23. The van der Waals surface area contributed by atoms with Gasteiger partial charge < -0.3 is 9.84 Å². The third-order valence-corrected chi connectivity index (χ3v) is 3.14. The van der Waals surface area contributed by atoms with Crippen LogP contribution in [0, 0.1) is 0 Å². The summed E-state index contributed by atoms with van der Waals surface area (Å²) in [4.78, 5) is 10.5. The van der Waals surface area contributed by atoms with Gasteiger partial charge in [0, 0.05) is 0 Å². The van der Waals surface area contributed by atoms with E-state index in [1.165, 1.54) is 5.56 Å². The summed E-state index contributed by atoms with van der Waals surface area (Å²) in [6.45, 7) is 13.0. The van der Waals surface area contributed by atoms with Gasteiger partial charge in [-0.15, -0.1) is 0 Å². The maximum Gasteiger partial charge on any atom is 0.506 e. The van der Waals surface area contributed by atoms with Gasteiger partial charge in [0.1, 0.15) is 6.61 Å². The van der Waals surface area contributed by atoms with Crippen molar-refractivity contribution in [3.05, 3.63) is 34.9 Å². The highest BCUT2D eigenvalue weighted by Gasteiger charge is 2.22. The highest BCUT2D eigenvalue weighted by atomic mass is 16.7. The van der Waals surface area contributed by atoms with Crippen LogP contribution in [0.2, 0.25) is 0 Å². The molecule has 1 rings (SSSR count). The Morgan fingerprint density at radius 1 is 1.11 bits per heavy atom. The second-order valence-corrected chi connectivity index (χ2v) is 6.93. The minimum atomic E-state index is -1.24. The highest BCUT2D eigenvalue weighted by molar-refractivity contribution is 5.57. The van der Waals surface area contributed by atoms with Crippen molar-refractivity contribution < 1.29 is 14.6 Å². The molecule has 1 N–H and O–H groups in total.